The molecule has 1 rings (SSSR count). The topological polar surface area (TPSA) is 0 Å². The van der Waals surface area contributed by atoms with Crippen LogP contribution in [0, 0.1) is 11.8 Å². The second-order valence-corrected chi connectivity index (χ2v) is 4.77. The van der Waals surface area contributed by atoms with E-state index in [-0.39, 0.29) is 0 Å². The van der Waals surface area contributed by atoms with Crippen molar-refractivity contribution in [2.24, 2.45) is 11.8 Å². The van der Waals surface area contributed by atoms with Gasteiger partial charge >= 0.3 is 0 Å². The molecule has 0 heterocycles. The highest BCUT2D eigenvalue weighted by atomic mass is 14.1. The van der Waals surface area contributed by atoms with Crippen LogP contribution < -0.4 is 0 Å². The molecule has 0 nitrogen and oxygen atoms in total. The lowest BCUT2D eigenvalue weighted by Crippen LogP contribution is -2.01. The Morgan fingerprint density at radius 3 is 2.14 bits per heavy atom. The van der Waals surface area contributed by atoms with Gasteiger partial charge in [-0.2, -0.15) is 0 Å². The van der Waals surface area contributed by atoms with Crippen molar-refractivity contribution >= 4 is 0 Å². The summed E-state index contributed by atoms with van der Waals surface area (Å²) in [5.74, 6) is 1.66. The molecule has 0 saturated carbocycles. The molecule has 14 heavy (non-hydrogen) atoms. The molecule has 0 aromatic heterocycles. The van der Waals surface area contributed by atoms with Gasteiger partial charge in [-0.15, -0.1) is 0 Å². The number of hydrogen-bond donors (Lipinski definition) is 0. The molecular weight excluding hydrogens is 168 g/mol. The van der Waals surface area contributed by atoms with Crippen molar-refractivity contribution in [3.63, 3.8) is 0 Å². The number of rotatable bonds is 5. The van der Waals surface area contributed by atoms with Crippen LogP contribution >= 0.6 is 0 Å². The van der Waals surface area contributed by atoms with Gasteiger partial charge in [0.25, 0.3) is 0 Å². The Labute approximate surface area is 88.4 Å². The first kappa shape index (κ1) is 11.3. The fraction of sp³-hybridized carbons (Fsp3) is 0.571. The third-order valence-electron chi connectivity index (χ3n) is 2.66. The molecule has 0 spiro atoms. The molecule has 0 bridgehead atoms. The van der Waals surface area contributed by atoms with Crippen LogP contribution in [0.4, 0.5) is 0 Å². The van der Waals surface area contributed by atoms with Crippen molar-refractivity contribution in [1.82, 2.24) is 0 Å². The van der Waals surface area contributed by atoms with Gasteiger partial charge in [0.1, 0.15) is 0 Å². The molecule has 0 aliphatic heterocycles. The van der Waals surface area contributed by atoms with E-state index in [1.165, 1.54) is 24.8 Å². The predicted octanol–water partition coefficient (Wildman–Crippen LogP) is 4.30. The van der Waals surface area contributed by atoms with E-state index < -0.39 is 0 Å². The van der Waals surface area contributed by atoms with E-state index in [9.17, 15) is 0 Å². The first-order valence-electron chi connectivity index (χ1n) is 5.72. The van der Waals surface area contributed by atoms with Crippen molar-refractivity contribution < 1.29 is 0 Å². The van der Waals surface area contributed by atoms with E-state index in [0.29, 0.717) is 0 Å². The van der Waals surface area contributed by atoms with Crippen molar-refractivity contribution in [2.45, 2.75) is 40.0 Å². The summed E-state index contributed by atoms with van der Waals surface area (Å²) in [5, 5.41) is 0. The van der Waals surface area contributed by atoms with E-state index in [0.717, 1.165) is 11.8 Å². The van der Waals surface area contributed by atoms with Crippen LogP contribution in [0.3, 0.4) is 0 Å². The predicted molar refractivity (Wildman–Crippen MR) is 63.4 cm³/mol. The quantitative estimate of drug-likeness (QED) is 0.649. The van der Waals surface area contributed by atoms with E-state index in [2.05, 4.69) is 51.1 Å². The van der Waals surface area contributed by atoms with E-state index in [1.54, 1.807) is 0 Å². The normalized spacial score (nSPS) is 13.1. The third-order valence-corrected chi connectivity index (χ3v) is 2.66. The summed E-state index contributed by atoms with van der Waals surface area (Å²) in [7, 11) is 0. The summed E-state index contributed by atoms with van der Waals surface area (Å²) in [4.78, 5) is 0. The van der Waals surface area contributed by atoms with Gasteiger partial charge in [-0.25, -0.2) is 0 Å². The van der Waals surface area contributed by atoms with Crippen LogP contribution in [0.1, 0.15) is 39.2 Å². The zero-order valence-electron chi connectivity index (χ0n) is 9.66. The van der Waals surface area contributed by atoms with Crippen LogP contribution in [0.15, 0.2) is 30.3 Å². The highest BCUT2D eigenvalue weighted by Gasteiger charge is 2.04. The van der Waals surface area contributed by atoms with E-state index >= 15 is 0 Å². The lowest BCUT2D eigenvalue weighted by atomic mass is 9.93. The summed E-state index contributed by atoms with van der Waals surface area (Å²) >= 11 is 0. The fourth-order valence-electron chi connectivity index (χ4n) is 1.74. The van der Waals surface area contributed by atoms with Gasteiger partial charge in [-0.1, -0.05) is 63.9 Å². The Bertz CT molecular complexity index is 235. The van der Waals surface area contributed by atoms with Gasteiger partial charge in [-0.3, -0.25) is 0 Å². The van der Waals surface area contributed by atoms with Crippen LogP contribution in [-0.2, 0) is 6.42 Å². The van der Waals surface area contributed by atoms with Crippen LogP contribution in [0.25, 0.3) is 0 Å². The molecular formula is C14H22. The fourth-order valence-corrected chi connectivity index (χ4v) is 1.74. The Morgan fingerprint density at radius 1 is 0.929 bits per heavy atom. The van der Waals surface area contributed by atoms with Gasteiger partial charge in [0, 0.05) is 0 Å². The maximum absolute atomic E-state index is 2.36. The smallest absolute Gasteiger partial charge is 0.0253 e. The minimum absolute atomic E-state index is 0.819. The summed E-state index contributed by atoms with van der Waals surface area (Å²) in [6, 6.07) is 10.8. The van der Waals surface area contributed by atoms with E-state index in [4.69, 9.17) is 0 Å². The molecule has 0 unspecified atom stereocenters. The maximum atomic E-state index is 2.36. The lowest BCUT2D eigenvalue weighted by molar-refractivity contribution is 0.448. The standard InChI is InChI=1S/C14H22/c1-12(2)9-10-13(3)11-14-7-5-4-6-8-14/h4-8,12-13H,9-11H2,1-3H3/t13-/m1/s1. The second-order valence-electron chi connectivity index (χ2n) is 4.77. The van der Waals surface area contributed by atoms with Gasteiger partial charge in [0.2, 0.25) is 0 Å². The monoisotopic (exact) mass is 190 g/mol. The van der Waals surface area contributed by atoms with Gasteiger partial charge in [0.05, 0.1) is 0 Å². The number of benzene rings is 1. The largest absolute Gasteiger partial charge is 0.0628 e. The average molecular weight is 190 g/mol. The molecule has 78 valence electrons. The Balaban J connectivity index is 2.30. The third kappa shape index (κ3) is 4.45. The summed E-state index contributed by atoms with van der Waals surface area (Å²) in [6.45, 7) is 6.96. The van der Waals surface area contributed by atoms with Crippen molar-refractivity contribution in [1.29, 1.82) is 0 Å². The molecule has 1 atom stereocenters. The lowest BCUT2D eigenvalue weighted by Gasteiger charge is -2.12. The first-order chi connectivity index (χ1) is 6.68. The molecule has 0 aliphatic carbocycles. The molecule has 0 amide bonds. The second kappa shape index (κ2) is 5.85. The van der Waals surface area contributed by atoms with Crippen molar-refractivity contribution in [2.75, 3.05) is 0 Å². The maximum Gasteiger partial charge on any atom is -0.0253 e. The molecule has 0 N–H and O–H groups in total. The Morgan fingerprint density at radius 2 is 1.57 bits per heavy atom. The van der Waals surface area contributed by atoms with Crippen LogP contribution in [-0.4, -0.2) is 0 Å². The molecule has 0 radical (unpaired) electrons. The summed E-state index contributed by atoms with van der Waals surface area (Å²) in [5.41, 5.74) is 1.48. The molecule has 0 aliphatic rings. The Hall–Kier alpha value is -0.780. The zero-order valence-corrected chi connectivity index (χ0v) is 9.66. The van der Waals surface area contributed by atoms with Crippen LogP contribution in [0.5, 0.6) is 0 Å². The zero-order chi connectivity index (χ0) is 10.4. The molecule has 1 aromatic rings. The Kier molecular flexibility index (Phi) is 4.72. The van der Waals surface area contributed by atoms with Gasteiger partial charge in [-0.05, 0) is 23.8 Å². The minimum Gasteiger partial charge on any atom is -0.0628 e. The first-order valence-corrected chi connectivity index (χ1v) is 5.72. The molecule has 1 aromatic carbocycles. The van der Waals surface area contributed by atoms with E-state index in [1.807, 2.05) is 0 Å². The van der Waals surface area contributed by atoms with Crippen molar-refractivity contribution in [3.05, 3.63) is 35.9 Å². The van der Waals surface area contributed by atoms with Crippen LogP contribution in [0.2, 0.25) is 0 Å². The minimum atomic E-state index is 0.819. The van der Waals surface area contributed by atoms with Gasteiger partial charge < -0.3 is 0 Å². The molecule has 0 saturated heterocycles. The average Bonchev–Trinajstić information content (AvgIpc) is 2.16. The van der Waals surface area contributed by atoms with Crippen molar-refractivity contribution in [3.8, 4) is 0 Å². The highest BCUT2D eigenvalue weighted by molar-refractivity contribution is 5.14. The molecule has 0 fully saturated rings. The van der Waals surface area contributed by atoms with Gasteiger partial charge in [0.15, 0.2) is 0 Å². The highest BCUT2D eigenvalue weighted by Crippen LogP contribution is 2.16. The SMILES string of the molecule is CC(C)CC[C@@H](C)Cc1ccccc1. The molecule has 0 heteroatoms. The summed E-state index contributed by atoms with van der Waals surface area (Å²) in [6.07, 6.45) is 3.94. The summed E-state index contributed by atoms with van der Waals surface area (Å²) < 4.78 is 0. The number of hydrogen-bond acceptors (Lipinski definition) is 0.